The Bertz CT molecular complexity index is 590. The molecular weight excluding hydrogens is 290 g/mol. The molecule has 22 heavy (non-hydrogen) atoms. The maximum Gasteiger partial charge on any atom is 0.223 e. The zero-order chi connectivity index (χ0) is 15.9. The van der Waals surface area contributed by atoms with Crippen LogP contribution >= 0.6 is 11.3 Å². The van der Waals surface area contributed by atoms with Gasteiger partial charge in [0.2, 0.25) is 5.91 Å². The Kier molecular flexibility index (Phi) is 6.20. The normalized spacial score (nSPS) is 13.6. The molecule has 0 aliphatic rings. The fraction of sp³-hybridized carbons (Fsp3) is 0.421. The molecule has 2 nitrogen and oxygen atoms in total. The van der Waals surface area contributed by atoms with Crippen molar-refractivity contribution in [3.63, 3.8) is 0 Å². The third kappa shape index (κ3) is 4.44. The monoisotopic (exact) mass is 315 g/mol. The van der Waals surface area contributed by atoms with Crippen LogP contribution in [0.5, 0.6) is 0 Å². The minimum atomic E-state index is 0.0641. The average Bonchev–Trinajstić information content (AvgIpc) is 2.94. The lowest BCUT2D eigenvalue weighted by Crippen LogP contribution is -2.33. The first kappa shape index (κ1) is 16.8. The molecule has 1 amide bonds. The van der Waals surface area contributed by atoms with Gasteiger partial charge in [0, 0.05) is 10.8 Å². The van der Waals surface area contributed by atoms with Crippen LogP contribution in [0.15, 0.2) is 41.8 Å². The zero-order valence-corrected chi connectivity index (χ0v) is 14.5. The topological polar surface area (TPSA) is 29.1 Å². The molecule has 118 valence electrons. The lowest BCUT2D eigenvalue weighted by molar-refractivity contribution is -0.125. The molecular formula is C19H25NOS. The maximum atomic E-state index is 12.4. The van der Waals surface area contributed by atoms with Crippen LogP contribution in [0.2, 0.25) is 0 Å². The number of nitrogens with one attached hydrogen (secondary N) is 1. The molecule has 2 rings (SSSR count). The quantitative estimate of drug-likeness (QED) is 0.774. The summed E-state index contributed by atoms with van der Waals surface area (Å²) >= 11 is 1.73. The van der Waals surface area contributed by atoms with Crippen LogP contribution in [0, 0.1) is 12.8 Å². The molecule has 1 heterocycles. The summed E-state index contributed by atoms with van der Waals surface area (Å²) in [7, 11) is 0. The Labute approximate surface area is 137 Å². The van der Waals surface area contributed by atoms with E-state index in [9.17, 15) is 4.79 Å². The molecule has 0 saturated carbocycles. The van der Waals surface area contributed by atoms with Gasteiger partial charge in [-0.05, 0) is 42.3 Å². The second-order valence-corrected chi connectivity index (χ2v) is 6.86. The highest BCUT2D eigenvalue weighted by molar-refractivity contribution is 7.10. The van der Waals surface area contributed by atoms with Crippen molar-refractivity contribution in [3.8, 4) is 0 Å². The molecule has 1 aromatic carbocycles. The molecule has 0 spiro atoms. The van der Waals surface area contributed by atoms with E-state index in [1.54, 1.807) is 11.3 Å². The predicted molar refractivity (Wildman–Crippen MR) is 94.2 cm³/mol. The van der Waals surface area contributed by atoms with Crippen LogP contribution in [-0.4, -0.2) is 5.91 Å². The highest BCUT2D eigenvalue weighted by atomic mass is 32.1. The van der Waals surface area contributed by atoms with E-state index in [0.717, 1.165) is 19.3 Å². The van der Waals surface area contributed by atoms with Gasteiger partial charge in [-0.15, -0.1) is 11.3 Å². The number of benzene rings is 1. The van der Waals surface area contributed by atoms with Gasteiger partial charge in [-0.2, -0.15) is 0 Å². The molecule has 2 aromatic rings. The molecule has 0 radical (unpaired) electrons. The minimum Gasteiger partial charge on any atom is -0.348 e. The van der Waals surface area contributed by atoms with E-state index in [0.29, 0.717) is 0 Å². The Hall–Kier alpha value is -1.61. The van der Waals surface area contributed by atoms with Crippen LogP contribution < -0.4 is 5.32 Å². The number of rotatable bonds is 7. The largest absolute Gasteiger partial charge is 0.348 e. The summed E-state index contributed by atoms with van der Waals surface area (Å²) in [6, 6.07) is 12.6. The van der Waals surface area contributed by atoms with Gasteiger partial charge in [0.25, 0.3) is 0 Å². The number of carbonyl (C=O) groups excluding carboxylic acids is 1. The third-order valence-corrected chi connectivity index (χ3v) is 5.12. The van der Waals surface area contributed by atoms with Crippen LogP contribution in [0.3, 0.4) is 0 Å². The highest BCUT2D eigenvalue weighted by Crippen LogP contribution is 2.27. The van der Waals surface area contributed by atoms with Crippen LogP contribution in [0.4, 0.5) is 0 Å². The lowest BCUT2D eigenvalue weighted by atomic mass is 10.0. The molecule has 2 unspecified atom stereocenters. The first-order chi connectivity index (χ1) is 10.6. The van der Waals surface area contributed by atoms with Crippen molar-refractivity contribution in [1.82, 2.24) is 5.32 Å². The van der Waals surface area contributed by atoms with E-state index < -0.39 is 0 Å². The standard InChI is InChI=1S/C19H25NOS/c1-4-8-15(3)19(21)20-17(18-14(2)11-12-22-18)13-16-9-6-5-7-10-16/h5-7,9-12,15,17H,4,8,13H2,1-3H3,(H,20,21). The number of thiophene rings is 1. The summed E-state index contributed by atoms with van der Waals surface area (Å²) in [5, 5.41) is 5.37. The van der Waals surface area contributed by atoms with E-state index in [-0.39, 0.29) is 17.9 Å². The predicted octanol–water partition coefficient (Wildman–Crippen LogP) is 4.89. The fourth-order valence-electron chi connectivity index (χ4n) is 2.68. The van der Waals surface area contributed by atoms with Gasteiger partial charge >= 0.3 is 0 Å². The van der Waals surface area contributed by atoms with Crippen molar-refractivity contribution in [2.24, 2.45) is 5.92 Å². The molecule has 0 bridgehead atoms. The molecule has 2 atom stereocenters. The fourth-order valence-corrected chi connectivity index (χ4v) is 3.66. The molecule has 1 aromatic heterocycles. The number of hydrogen-bond donors (Lipinski definition) is 1. The molecule has 0 fully saturated rings. The molecule has 0 aliphatic heterocycles. The smallest absolute Gasteiger partial charge is 0.223 e. The van der Waals surface area contributed by atoms with E-state index in [1.165, 1.54) is 16.0 Å². The van der Waals surface area contributed by atoms with E-state index in [2.05, 4.69) is 54.9 Å². The van der Waals surface area contributed by atoms with Crippen LogP contribution in [0.1, 0.15) is 48.7 Å². The number of carbonyl (C=O) groups is 1. The van der Waals surface area contributed by atoms with Crippen LogP contribution in [0.25, 0.3) is 0 Å². The summed E-state index contributed by atoms with van der Waals surface area (Å²) in [5.41, 5.74) is 2.51. The van der Waals surface area contributed by atoms with E-state index in [4.69, 9.17) is 0 Å². The van der Waals surface area contributed by atoms with Crippen molar-refractivity contribution < 1.29 is 4.79 Å². The van der Waals surface area contributed by atoms with E-state index >= 15 is 0 Å². The van der Waals surface area contributed by atoms with Crippen LogP contribution in [-0.2, 0) is 11.2 Å². The number of aryl methyl sites for hydroxylation is 1. The lowest BCUT2D eigenvalue weighted by Gasteiger charge is -2.21. The first-order valence-corrected chi connectivity index (χ1v) is 8.88. The van der Waals surface area contributed by atoms with Gasteiger partial charge in [-0.3, -0.25) is 4.79 Å². The minimum absolute atomic E-state index is 0.0641. The summed E-state index contributed by atoms with van der Waals surface area (Å²) in [4.78, 5) is 13.7. The van der Waals surface area contributed by atoms with Crippen molar-refractivity contribution in [2.45, 2.75) is 46.1 Å². The van der Waals surface area contributed by atoms with Gasteiger partial charge in [0.05, 0.1) is 6.04 Å². The zero-order valence-electron chi connectivity index (χ0n) is 13.6. The van der Waals surface area contributed by atoms with E-state index in [1.807, 2.05) is 13.0 Å². The second-order valence-electron chi connectivity index (χ2n) is 5.91. The highest BCUT2D eigenvalue weighted by Gasteiger charge is 2.21. The molecule has 1 N–H and O–H groups in total. The summed E-state index contributed by atoms with van der Waals surface area (Å²) < 4.78 is 0. The second kappa shape index (κ2) is 8.14. The Morgan fingerprint density at radius 2 is 1.95 bits per heavy atom. The van der Waals surface area contributed by atoms with Crippen molar-refractivity contribution in [2.75, 3.05) is 0 Å². The SMILES string of the molecule is CCCC(C)C(=O)NC(Cc1ccccc1)c1sccc1C. The van der Waals surface area contributed by atoms with Gasteiger partial charge in [-0.1, -0.05) is 50.6 Å². The number of amides is 1. The van der Waals surface area contributed by atoms with Gasteiger partial charge in [-0.25, -0.2) is 0 Å². The van der Waals surface area contributed by atoms with Gasteiger partial charge < -0.3 is 5.32 Å². The van der Waals surface area contributed by atoms with Gasteiger partial charge in [0.1, 0.15) is 0 Å². The maximum absolute atomic E-state index is 12.4. The average molecular weight is 315 g/mol. The Balaban J connectivity index is 2.15. The van der Waals surface area contributed by atoms with Crippen molar-refractivity contribution >= 4 is 17.2 Å². The summed E-state index contributed by atoms with van der Waals surface area (Å²) in [6.45, 7) is 6.25. The molecule has 3 heteroatoms. The Morgan fingerprint density at radius 3 is 2.55 bits per heavy atom. The summed E-state index contributed by atoms with van der Waals surface area (Å²) in [6.07, 6.45) is 2.82. The Morgan fingerprint density at radius 1 is 1.23 bits per heavy atom. The molecule has 0 saturated heterocycles. The number of hydrogen-bond acceptors (Lipinski definition) is 2. The molecule has 0 aliphatic carbocycles. The van der Waals surface area contributed by atoms with Crippen molar-refractivity contribution in [3.05, 3.63) is 57.8 Å². The van der Waals surface area contributed by atoms with Crippen molar-refractivity contribution in [1.29, 1.82) is 0 Å². The summed E-state index contributed by atoms with van der Waals surface area (Å²) in [5.74, 6) is 0.235. The first-order valence-electron chi connectivity index (χ1n) is 8.00. The third-order valence-electron chi connectivity index (χ3n) is 3.99. The van der Waals surface area contributed by atoms with Gasteiger partial charge in [0.15, 0.2) is 0 Å².